The number of nitrogens with one attached hydrogen (secondary N) is 2. The average Bonchev–Trinajstić information content (AvgIpc) is 0.790. The maximum atomic E-state index is 12.7. The monoisotopic (exact) mass is 1540 g/mol. The number of rotatable bonds is 14. The highest BCUT2D eigenvalue weighted by atomic mass is 16.8. The zero-order valence-electron chi connectivity index (χ0n) is 57.1. The highest BCUT2D eigenvalue weighted by molar-refractivity contribution is 5.93. The molecule has 22 fully saturated rings. The molecule has 22 aliphatic rings. The number of hydrogen-bond donors (Lipinski definition) is 24. The summed E-state index contributed by atoms with van der Waals surface area (Å²) < 4.78 is 90.4. The summed E-state index contributed by atoms with van der Waals surface area (Å²) in [5, 5.41) is 240. The van der Waals surface area contributed by atoms with Gasteiger partial charge in [0, 0.05) is 6.54 Å². The maximum Gasteiger partial charge on any atom is 0.342 e. The Balaban J connectivity index is 0.000000339. The SMILES string of the molecule is N=C(N)NC[C@H]1CC[C@H](C(=O)Oc2ccccc2C(=O)OCc2ccccc2)CC1.OC[C@H]1O[C@@H]2O[C@H]3[C@H](O)[C@@H](O)[C@@H](O[C@H]4[C@H](O)[C@@H](O)[C@@H](O[C@H]5[C@H](O)[C@@H](O)[C@@H](O[C@H]6[C@H](O)[C@@H](O)[C@@H](O[C@H]7[C@H](O)[C@@H](O)[C@@H](O[C@H]8[C@H](O)[C@@H](O)[C@@H](O[C@H]1[C@H](O)[C@H]2O)O[C@@H]8CO)O[C@@H]7CO)O[C@@H]6CO)O[C@@H]5CO)O[C@@H]4CO)O[C@@H]3CO. The molecule has 42 heteroatoms. The summed E-state index contributed by atoms with van der Waals surface area (Å²) in [5.74, 6) is -0.476. The molecule has 21 aliphatic heterocycles. The van der Waals surface area contributed by atoms with Crippen LogP contribution in [0, 0.1) is 17.2 Å². The number of esters is 2. The number of guanidine groups is 1. The zero-order valence-corrected chi connectivity index (χ0v) is 57.1. The first kappa shape index (κ1) is 84.7. The van der Waals surface area contributed by atoms with Gasteiger partial charge in [0.25, 0.3) is 0 Å². The van der Waals surface area contributed by atoms with E-state index in [4.69, 9.17) is 86.9 Å². The van der Waals surface area contributed by atoms with Gasteiger partial charge in [-0.2, -0.15) is 0 Å². The van der Waals surface area contributed by atoms with Crippen molar-refractivity contribution in [3.05, 3.63) is 65.7 Å². The first-order valence-corrected chi connectivity index (χ1v) is 34.7. The van der Waals surface area contributed by atoms with E-state index in [1.165, 1.54) is 0 Å². The Kier molecular flexibility index (Phi) is 30.2. The second kappa shape index (κ2) is 38.2. The molecule has 0 radical (unpaired) electrons. The summed E-state index contributed by atoms with van der Waals surface area (Å²) in [4.78, 5) is 25.2. The van der Waals surface area contributed by atoms with E-state index in [-0.39, 0.29) is 35.8 Å². The molecule has 21 heterocycles. The Morgan fingerprint density at radius 3 is 0.897 bits per heavy atom. The Morgan fingerprint density at radius 2 is 0.636 bits per heavy atom. The second-order valence-corrected chi connectivity index (χ2v) is 27.1. The number of carbonyl (C=O) groups is 2. The van der Waals surface area contributed by atoms with Crippen LogP contribution in [0.1, 0.15) is 41.6 Å². The molecule has 2 aromatic carbocycles. The first-order chi connectivity index (χ1) is 51.2. The van der Waals surface area contributed by atoms with Crippen molar-refractivity contribution >= 4 is 17.9 Å². The first-order valence-electron chi connectivity index (χ1n) is 34.7. The van der Waals surface area contributed by atoms with E-state index >= 15 is 0 Å². The Morgan fingerprint density at radius 1 is 0.374 bits per heavy atom. The standard InChI is InChI=1S/C42H70O35.C23H27N3O4/c43-1-8-29-15(50)22(57)36(64-8)72-30-9(2-44)66-38(24(59)17(30)52)74-32-11(4-46)68-40(26(61)19(32)54)76-34-13(6-48)70-42(28(63)21(34)56)77-35-14(7-49)69-41(27(62)20(35)55)75-33-12(5-47)67-39(25(60)18(33)53)73-31-10(3-45)65-37(71-29)23(58)16(31)51;24-23(25)26-14-16-10-12-18(13-11-16)21(27)30-20-9-5-4-8-19(20)22(28)29-15-17-6-2-1-3-7-17/h8-63H,1-7H2;1-9,16,18H,10-15H2,(H4,24,25,26)/t8-,9-,10-,11-,12-,13-,14-,15-,16-,17-,18-,19-,20-,21-,22-,23-,24-,25-,26-,27-,28-,29-,30-,31-,32-,33-,34-,35-,36-,37-,38-,39-,40-,41-,42-;16-,18-/m1./s1. The molecule has 14 bridgehead atoms. The van der Waals surface area contributed by atoms with E-state index in [1.807, 2.05) is 30.3 Å². The van der Waals surface area contributed by atoms with Crippen molar-refractivity contribution in [1.82, 2.24) is 5.32 Å². The lowest BCUT2D eigenvalue weighted by Gasteiger charge is -2.50. The minimum atomic E-state index is -2.21. The summed E-state index contributed by atoms with van der Waals surface area (Å²) in [7, 11) is 0. The van der Waals surface area contributed by atoms with Crippen LogP contribution in [-0.2, 0) is 82.5 Å². The maximum absolute atomic E-state index is 12.7. The average molecular weight is 1540 g/mol. The molecule has 0 spiro atoms. The van der Waals surface area contributed by atoms with Crippen molar-refractivity contribution < 1.29 is 193 Å². The molecule has 21 saturated heterocycles. The van der Waals surface area contributed by atoms with Gasteiger partial charge in [0.2, 0.25) is 0 Å². The summed E-state index contributed by atoms with van der Waals surface area (Å²) in [5.41, 5.74) is 6.45. The molecule has 0 unspecified atom stereocenters. The highest BCUT2D eigenvalue weighted by Crippen LogP contribution is 2.40. The van der Waals surface area contributed by atoms with Crippen molar-refractivity contribution in [2.75, 3.05) is 52.8 Å². The van der Waals surface area contributed by atoms with Crippen LogP contribution >= 0.6 is 0 Å². The number of benzene rings is 2. The van der Waals surface area contributed by atoms with E-state index in [2.05, 4.69) is 5.32 Å². The van der Waals surface area contributed by atoms with E-state index < -0.39 is 267 Å². The number of aliphatic hydroxyl groups excluding tert-OH is 21. The van der Waals surface area contributed by atoms with Gasteiger partial charge in [-0.15, -0.1) is 0 Å². The Bertz CT molecular complexity index is 2730. The van der Waals surface area contributed by atoms with Gasteiger partial charge in [-0.1, -0.05) is 42.5 Å². The summed E-state index contributed by atoms with van der Waals surface area (Å²) in [6, 6.07) is 16.0. The van der Waals surface area contributed by atoms with Gasteiger partial charge >= 0.3 is 11.9 Å². The number of carbonyl (C=O) groups excluding carboxylic acids is 2. The van der Waals surface area contributed by atoms with Crippen LogP contribution in [0.5, 0.6) is 5.75 Å². The predicted molar refractivity (Wildman–Crippen MR) is 341 cm³/mol. The Labute approximate surface area is 608 Å². The van der Waals surface area contributed by atoms with Crippen LogP contribution in [0.25, 0.3) is 0 Å². The second-order valence-electron chi connectivity index (χ2n) is 27.1. The van der Waals surface area contributed by atoms with Gasteiger partial charge in [-0.25, -0.2) is 4.79 Å². The van der Waals surface area contributed by atoms with Crippen LogP contribution < -0.4 is 15.8 Å². The fourth-order valence-corrected chi connectivity index (χ4v) is 14.0. The number of ether oxygens (including phenoxy) is 16. The lowest BCUT2D eigenvalue weighted by atomic mass is 9.82. The molecule has 107 heavy (non-hydrogen) atoms. The third-order valence-corrected chi connectivity index (χ3v) is 20.1. The summed E-state index contributed by atoms with van der Waals surface area (Å²) >= 11 is 0. The highest BCUT2D eigenvalue weighted by Gasteiger charge is 2.60. The van der Waals surface area contributed by atoms with Crippen LogP contribution in [0.3, 0.4) is 0 Å². The van der Waals surface area contributed by atoms with Gasteiger partial charge in [0.05, 0.1) is 52.2 Å². The van der Waals surface area contributed by atoms with Gasteiger partial charge in [0.1, 0.15) is 189 Å². The van der Waals surface area contributed by atoms with Crippen LogP contribution in [0.15, 0.2) is 54.6 Å². The van der Waals surface area contributed by atoms with E-state index in [1.54, 1.807) is 24.3 Å². The fraction of sp³-hybridized carbons (Fsp3) is 0.769. The van der Waals surface area contributed by atoms with Crippen LogP contribution in [-0.4, -0.2) is 393 Å². The lowest BCUT2D eigenvalue weighted by Crippen LogP contribution is -2.68. The smallest absolute Gasteiger partial charge is 0.342 e. The van der Waals surface area contributed by atoms with Crippen molar-refractivity contribution in [2.24, 2.45) is 17.6 Å². The molecule has 0 amide bonds. The number of aliphatic hydroxyl groups is 21. The van der Waals surface area contributed by atoms with Gasteiger partial charge in [0.15, 0.2) is 50.0 Å². The molecule has 42 nitrogen and oxygen atoms in total. The minimum absolute atomic E-state index is 0.0349. The van der Waals surface area contributed by atoms with E-state index in [0.29, 0.717) is 25.3 Å². The van der Waals surface area contributed by atoms with E-state index in [0.717, 1.165) is 18.4 Å². The fourth-order valence-electron chi connectivity index (χ4n) is 14.0. The third-order valence-electron chi connectivity index (χ3n) is 20.1. The molecule has 35 atom stereocenters. The molecule has 1 aliphatic carbocycles. The van der Waals surface area contributed by atoms with Gasteiger partial charge in [-0.3, -0.25) is 10.2 Å². The lowest BCUT2D eigenvalue weighted by molar-refractivity contribution is -0.396. The minimum Gasteiger partial charge on any atom is -0.457 e. The van der Waals surface area contributed by atoms with Gasteiger partial charge in [-0.05, 0) is 49.3 Å². The molecule has 606 valence electrons. The predicted octanol–water partition coefficient (Wildman–Crippen LogP) is -12.0. The zero-order chi connectivity index (χ0) is 77.4. The van der Waals surface area contributed by atoms with E-state index in [9.17, 15) is 117 Å². The molecule has 2 aromatic rings. The summed E-state index contributed by atoms with van der Waals surface area (Å²) in [6.07, 6.45) is -67.1. The van der Waals surface area contributed by atoms with Crippen LogP contribution in [0.2, 0.25) is 0 Å². The molecular formula is C65H97N3O39. The normalized spacial score (nSPS) is 45.0. The quantitative estimate of drug-likeness (QED) is 0.0361. The van der Waals surface area contributed by atoms with Crippen molar-refractivity contribution in [3.8, 4) is 5.75 Å². The molecular weight excluding hydrogens is 1450 g/mol. The molecule has 25 N–H and O–H groups in total. The van der Waals surface area contributed by atoms with Crippen molar-refractivity contribution in [3.63, 3.8) is 0 Å². The third kappa shape index (κ3) is 19.1. The van der Waals surface area contributed by atoms with Gasteiger partial charge < -0.3 is 194 Å². The molecule has 24 rings (SSSR count). The summed E-state index contributed by atoms with van der Waals surface area (Å²) in [6.45, 7) is -6.53. The number of para-hydroxylation sites is 1. The number of nitrogens with two attached hydrogens (primary N) is 1. The topological polar surface area (TPSA) is 669 Å². The molecule has 1 saturated carbocycles. The largest absolute Gasteiger partial charge is 0.457 e. The Hall–Kier alpha value is -4.75. The van der Waals surface area contributed by atoms with Crippen molar-refractivity contribution in [1.29, 1.82) is 5.41 Å². The van der Waals surface area contributed by atoms with Crippen LogP contribution in [0.4, 0.5) is 0 Å². The molecule has 0 aromatic heterocycles. The number of hydrogen-bond acceptors (Lipinski definition) is 40. The van der Waals surface area contributed by atoms with Crippen molar-refractivity contribution in [2.45, 2.75) is 247 Å².